The van der Waals surface area contributed by atoms with Gasteiger partial charge in [-0.3, -0.25) is 0 Å². The first-order valence-electron chi connectivity index (χ1n) is 2.76. The van der Waals surface area contributed by atoms with Crippen molar-refractivity contribution in [3.8, 4) is 0 Å². The summed E-state index contributed by atoms with van der Waals surface area (Å²) in [6, 6.07) is 8.63. The van der Waals surface area contributed by atoms with E-state index >= 15 is 0 Å². The maximum absolute atomic E-state index is 3.39. The van der Waals surface area contributed by atoms with Crippen molar-refractivity contribution in [2.75, 3.05) is 0 Å². The first kappa shape index (κ1) is 7.60. The number of halogens is 1. The molecule has 0 bridgehead atoms. The molecule has 0 nitrogen and oxygen atoms in total. The van der Waals surface area contributed by atoms with Gasteiger partial charge in [0.1, 0.15) is 0 Å². The van der Waals surface area contributed by atoms with E-state index in [0.29, 0.717) is 0 Å². The molecule has 0 saturated heterocycles. The van der Waals surface area contributed by atoms with Crippen LogP contribution in [-0.2, 0) is 0 Å². The van der Waals surface area contributed by atoms with Gasteiger partial charge in [0.05, 0.1) is 0 Å². The van der Waals surface area contributed by atoms with E-state index in [9.17, 15) is 0 Å². The Balaban J connectivity index is 2.88. The molecule has 9 heavy (non-hydrogen) atoms. The van der Waals surface area contributed by atoms with Crippen LogP contribution in [0.2, 0.25) is 4.94 Å². The minimum atomic E-state index is -0.184. The molecule has 0 aliphatic heterocycles. The van der Waals surface area contributed by atoms with E-state index in [2.05, 4.69) is 45.1 Å². The zero-order chi connectivity index (χ0) is 6.69. The van der Waals surface area contributed by atoms with Gasteiger partial charge in [0.25, 0.3) is 0 Å². The average Bonchev–Trinajstić information content (AvgIpc) is 1.90. The van der Waals surface area contributed by atoms with Crippen molar-refractivity contribution in [3.63, 3.8) is 0 Å². The average molecular weight is 290 g/mol. The summed E-state index contributed by atoms with van der Waals surface area (Å²) in [5, 5.41) is 0. The van der Waals surface area contributed by atoms with Gasteiger partial charge in [0.15, 0.2) is 0 Å². The second-order valence-electron chi connectivity index (χ2n) is 1.76. The first-order chi connectivity index (χ1) is 4.33. The molecule has 2 heteroatoms. The van der Waals surface area contributed by atoms with E-state index in [1.54, 1.807) is 3.58 Å². The maximum atomic E-state index is 3.39. The Morgan fingerprint density at radius 1 is 1.22 bits per heavy atom. The van der Waals surface area contributed by atoms with Crippen LogP contribution < -0.4 is 3.58 Å². The third-order valence-corrected chi connectivity index (χ3v) is 4.26. The predicted molar refractivity (Wildman–Crippen MR) is 45.4 cm³/mol. The van der Waals surface area contributed by atoms with Gasteiger partial charge in [0.2, 0.25) is 0 Å². The van der Waals surface area contributed by atoms with E-state index < -0.39 is 0 Å². The summed E-state index contributed by atoms with van der Waals surface area (Å²) in [6.45, 7) is 0. The van der Waals surface area contributed by atoms with Crippen LogP contribution in [0, 0.1) is 0 Å². The van der Waals surface area contributed by atoms with Gasteiger partial charge >= 0.3 is 74.3 Å². The van der Waals surface area contributed by atoms with Crippen LogP contribution in [0.1, 0.15) is 0 Å². The summed E-state index contributed by atoms with van der Waals surface area (Å²) < 4.78 is 2.74. The number of benzene rings is 1. The molecule has 0 aromatic heterocycles. The number of hydrogen-bond acceptors (Lipinski definition) is 0. The topological polar surface area (TPSA) is 0 Å². The van der Waals surface area contributed by atoms with Crippen molar-refractivity contribution in [3.05, 3.63) is 28.7 Å². The first-order valence-corrected chi connectivity index (χ1v) is 7.83. The molecule has 0 atom stereocenters. The SMILES string of the molecule is [CH3][Sn][c]1ccc(Br)cc1. The van der Waals surface area contributed by atoms with Crippen molar-refractivity contribution in [2.24, 2.45) is 0 Å². The van der Waals surface area contributed by atoms with Gasteiger partial charge in [-0.15, -0.1) is 0 Å². The minimum absolute atomic E-state index is 0.184. The summed E-state index contributed by atoms with van der Waals surface area (Å²) in [6.07, 6.45) is 0. The summed E-state index contributed by atoms with van der Waals surface area (Å²) in [4.78, 5) is 2.33. The van der Waals surface area contributed by atoms with Crippen LogP contribution in [-0.4, -0.2) is 21.1 Å². The van der Waals surface area contributed by atoms with Crippen molar-refractivity contribution in [1.29, 1.82) is 0 Å². The molecule has 0 amide bonds. The normalized spacial score (nSPS) is 9.56. The molecule has 1 aromatic rings. The van der Waals surface area contributed by atoms with Gasteiger partial charge in [-0.05, 0) is 0 Å². The van der Waals surface area contributed by atoms with Gasteiger partial charge in [0, 0.05) is 0 Å². The second-order valence-corrected chi connectivity index (χ2v) is 5.75. The summed E-state index contributed by atoms with van der Waals surface area (Å²) in [7, 11) is 0. The van der Waals surface area contributed by atoms with E-state index in [1.165, 1.54) is 4.47 Å². The van der Waals surface area contributed by atoms with Crippen molar-refractivity contribution < 1.29 is 0 Å². The standard InChI is InChI=1S/C6H4Br.CH3.Sn/c7-6-4-2-1-3-5-6;;/h2-5H;1H3;. The molecule has 0 saturated carbocycles. The third-order valence-electron chi connectivity index (χ3n) is 1.13. The molecule has 0 aliphatic rings. The van der Waals surface area contributed by atoms with Gasteiger partial charge in [-0.2, -0.15) is 0 Å². The van der Waals surface area contributed by atoms with E-state index in [-0.39, 0.29) is 21.1 Å². The zero-order valence-corrected chi connectivity index (χ0v) is 9.63. The molecule has 46 valence electrons. The van der Waals surface area contributed by atoms with Crippen LogP contribution >= 0.6 is 15.9 Å². The van der Waals surface area contributed by atoms with E-state index in [4.69, 9.17) is 0 Å². The van der Waals surface area contributed by atoms with Crippen molar-refractivity contribution in [2.45, 2.75) is 4.94 Å². The van der Waals surface area contributed by atoms with Crippen LogP contribution in [0.4, 0.5) is 0 Å². The van der Waals surface area contributed by atoms with Crippen molar-refractivity contribution >= 4 is 40.7 Å². The Kier molecular flexibility index (Phi) is 3.05. The zero-order valence-electron chi connectivity index (χ0n) is 5.19. The van der Waals surface area contributed by atoms with E-state index in [1.807, 2.05) is 0 Å². The fraction of sp³-hybridized carbons (Fsp3) is 0.143. The Bertz CT molecular complexity index is 181. The molecule has 1 rings (SSSR count). The van der Waals surface area contributed by atoms with Crippen LogP contribution in [0.25, 0.3) is 0 Å². The molecule has 0 spiro atoms. The molecule has 0 unspecified atom stereocenters. The number of hydrogen-bond donors (Lipinski definition) is 0. The Morgan fingerprint density at radius 2 is 1.78 bits per heavy atom. The van der Waals surface area contributed by atoms with Crippen LogP contribution in [0.3, 0.4) is 0 Å². The summed E-state index contributed by atoms with van der Waals surface area (Å²) >= 11 is 3.21. The Morgan fingerprint density at radius 3 is 2.22 bits per heavy atom. The van der Waals surface area contributed by atoms with Crippen LogP contribution in [0.15, 0.2) is 28.7 Å². The van der Waals surface area contributed by atoms with Gasteiger partial charge in [-0.1, -0.05) is 0 Å². The van der Waals surface area contributed by atoms with E-state index in [0.717, 1.165) is 0 Å². The van der Waals surface area contributed by atoms with Gasteiger partial charge < -0.3 is 0 Å². The van der Waals surface area contributed by atoms with Crippen LogP contribution in [0.5, 0.6) is 0 Å². The molecule has 2 radical (unpaired) electrons. The second kappa shape index (κ2) is 3.61. The summed E-state index contributed by atoms with van der Waals surface area (Å²) in [5.41, 5.74) is 0. The van der Waals surface area contributed by atoms with Crippen molar-refractivity contribution in [1.82, 2.24) is 0 Å². The Labute approximate surface area is 74.0 Å². The molecule has 1 aromatic carbocycles. The molecule has 0 aliphatic carbocycles. The summed E-state index contributed by atoms with van der Waals surface area (Å²) in [5.74, 6) is 0. The molecular weight excluding hydrogens is 283 g/mol. The predicted octanol–water partition coefficient (Wildman–Crippen LogP) is 1.83. The Hall–Kier alpha value is 0.499. The molecule has 0 N–H and O–H groups in total. The number of rotatable bonds is 1. The molecule has 0 fully saturated rings. The van der Waals surface area contributed by atoms with Gasteiger partial charge in [-0.25, -0.2) is 0 Å². The fourth-order valence-corrected chi connectivity index (χ4v) is 2.31. The fourth-order valence-electron chi connectivity index (χ4n) is 0.617. The third kappa shape index (κ3) is 2.30. The quantitative estimate of drug-likeness (QED) is 0.692. The molecule has 0 heterocycles. The monoisotopic (exact) mass is 290 g/mol. The molecular formula is C7H7BrSn.